The summed E-state index contributed by atoms with van der Waals surface area (Å²) in [6.45, 7) is 2.62. The SMILES string of the molecule is O=C(CCCCCCC(=O)NCc1cccc(-c2ccc([C@@H]3O[C@H](CN4CCC(O)(c5ccc(Cl)cc5)CC4)C[C@H](c4ccc(CO)cc4)O3)cc2)c1)NO. The molecule has 55 heavy (non-hydrogen) atoms. The zero-order chi connectivity index (χ0) is 38.6. The number of rotatable bonds is 16. The summed E-state index contributed by atoms with van der Waals surface area (Å²) in [6.07, 6.45) is 4.88. The smallest absolute Gasteiger partial charge is 0.243 e. The third-order valence-electron chi connectivity index (χ3n) is 10.8. The molecule has 4 aromatic rings. The van der Waals surface area contributed by atoms with E-state index in [1.807, 2.05) is 72.8 Å². The molecular weight excluding hydrogens is 718 g/mol. The van der Waals surface area contributed by atoms with Gasteiger partial charge in [0.25, 0.3) is 0 Å². The normalized spacial score (nSPS) is 19.8. The Balaban J connectivity index is 1.06. The first-order valence-corrected chi connectivity index (χ1v) is 19.7. The summed E-state index contributed by atoms with van der Waals surface area (Å²) in [7, 11) is 0. The highest BCUT2D eigenvalue weighted by Crippen LogP contribution is 2.40. The van der Waals surface area contributed by atoms with Crippen LogP contribution in [0.2, 0.25) is 5.02 Å². The van der Waals surface area contributed by atoms with E-state index in [9.17, 15) is 19.8 Å². The number of carbonyl (C=O) groups is 2. The summed E-state index contributed by atoms with van der Waals surface area (Å²) in [5, 5.41) is 33.3. The zero-order valence-corrected chi connectivity index (χ0v) is 31.9. The average molecular weight is 770 g/mol. The largest absolute Gasteiger partial charge is 0.392 e. The second-order valence-electron chi connectivity index (χ2n) is 14.7. The lowest BCUT2D eigenvalue weighted by molar-refractivity contribution is -0.253. The minimum Gasteiger partial charge on any atom is -0.392 e. The van der Waals surface area contributed by atoms with Gasteiger partial charge in [0.1, 0.15) is 0 Å². The van der Waals surface area contributed by atoms with Crippen LogP contribution in [-0.4, -0.2) is 57.9 Å². The van der Waals surface area contributed by atoms with Crippen LogP contribution in [0.4, 0.5) is 0 Å². The van der Waals surface area contributed by atoms with Gasteiger partial charge < -0.3 is 29.9 Å². The van der Waals surface area contributed by atoms with Crippen LogP contribution >= 0.6 is 11.6 Å². The maximum absolute atomic E-state index is 12.5. The number of halogens is 1. The van der Waals surface area contributed by atoms with E-state index in [2.05, 4.69) is 34.5 Å². The van der Waals surface area contributed by atoms with Gasteiger partial charge in [0.2, 0.25) is 11.8 Å². The van der Waals surface area contributed by atoms with Crippen LogP contribution in [0.25, 0.3) is 11.1 Å². The van der Waals surface area contributed by atoms with E-state index in [1.54, 1.807) is 5.48 Å². The summed E-state index contributed by atoms with van der Waals surface area (Å²) >= 11 is 6.10. The quantitative estimate of drug-likeness (QED) is 0.0449. The van der Waals surface area contributed by atoms with E-state index in [4.69, 9.17) is 26.3 Å². The van der Waals surface area contributed by atoms with Crippen LogP contribution in [0.1, 0.15) is 98.0 Å². The minimum absolute atomic E-state index is 0.00368. The van der Waals surface area contributed by atoms with Gasteiger partial charge in [-0.15, -0.1) is 0 Å². The number of hydrogen-bond acceptors (Lipinski definition) is 8. The van der Waals surface area contributed by atoms with Crippen molar-refractivity contribution in [1.82, 2.24) is 15.7 Å². The molecule has 292 valence electrons. The molecule has 6 rings (SSSR count). The van der Waals surface area contributed by atoms with Crippen LogP contribution in [0.15, 0.2) is 97.1 Å². The lowest BCUT2D eigenvalue weighted by Gasteiger charge is -2.42. The van der Waals surface area contributed by atoms with E-state index in [1.165, 1.54) is 0 Å². The van der Waals surface area contributed by atoms with Crippen molar-refractivity contribution in [2.24, 2.45) is 0 Å². The summed E-state index contributed by atoms with van der Waals surface area (Å²) in [5.41, 5.74) is 7.55. The van der Waals surface area contributed by atoms with Crippen molar-refractivity contribution in [2.75, 3.05) is 19.6 Å². The standard InChI is InChI=1S/C44H52ClN3O7/c45-38-20-18-37(19-21-38)44(52)22-24-48(25-23-44)29-39-27-40(34-12-10-31(30-49)11-13-34)55-43(54-39)35-16-14-33(15-17-35)36-7-5-6-32(26-36)28-46-41(50)8-3-1-2-4-9-42(51)47-53/h5-7,10-21,26,39-40,43,49,52-53H,1-4,8-9,22-25,27-30H2,(H,46,50)(H,47,51)/t39-,40+,43+/m0/s1. The van der Waals surface area contributed by atoms with Gasteiger partial charge in [-0.3, -0.25) is 14.8 Å². The fraction of sp³-hybridized carbons (Fsp3) is 0.409. The highest BCUT2D eigenvalue weighted by atomic mass is 35.5. The number of aliphatic hydroxyl groups is 2. The van der Waals surface area contributed by atoms with Crippen LogP contribution in [0, 0.1) is 0 Å². The summed E-state index contributed by atoms with van der Waals surface area (Å²) in [4.78, 5) is 25.9. The first-order valence-electron chi connectivity index (χ1n) is 19.3. The first kappa shape index (κ1) is 40.5. The fourth-order valence-electron chi connectivity index (χ4n) is 7.44. The summed E-state index contributed by atoms with van der Waals surface area (Å²) < 4.78 is 13.3. The van der Waals surface area contributed by atoms with E-state index in [-0.39, 0.29) is 37.0 Å². The number of piperidine rings is 1. The Kier molecular flexibility index (Phi) is 14.5. The fourth-order valence-corrected chi connectivity index (χ4v) is 7.56. The Bertz CT molecular complexity index is 1830. The van der Waals surface area contributed by atoms with Crippen LogP contribution in [-0.2, 0) is 37.8 Å². The molecule has 4 aromatic carbocycles. The third-order valence-corrected chi connectivity index (χ3v) is 11.0. The first-order chi connectivity index (χ1) is 26.7. The van der Waals surface area contributed by atoms with Gasteiger partial charge in [-0.05, 0) is 77.3 Å². The number of likely N-dealkylation sites (tertiary alicyclic amines) is 1. The summed E-state index contributed by atoms with van der Waals surface area (Å²) in [5.74, 6) is -0.388. The Morgan fingerprint density at radius 1 is 0.782 bits per heavy atom. The number of ether oxygens (including phenoxy) is 2. The molecule has 0 aromatic heterocycles. The topological polar surface area (TPSA) is 141 Å². The average Bonchev–Trinajstić information content (AvgIpc) is 3.22. The van der Waals surface area contributed by atoms with E-state index < -0.39 is 11.9 Å². The van der Waals surface area contributed by atoms with Crippen LogP contribution < -0.4 is 10.8 Å². The number of nitrogens with zero attached hydrogens (tertiary/aromatic N) is 1. The van der Waals surface area contributed by atoms with Gasteiger partial charge in [0.15, 0.2) is 6.29 Å². The van der Waals surface area contributed by atoms with Crippen LogP contribution in [0.5, 0.6) is 0 Å². The number of carbonyl (C=O) groups excluding carboxylic acids is 2. The van der Waals surface area contributed by atoms with E-state index in [0.717, 1.165) is 71.3 Å². The second kappa shape index (κ2) is 19.6. The molecule has 0 saturated carbocycles. The van der Waals surface area contributed by atoms with Crippen molar-refractivity contribution >= 4 is 23.4 Å². The molecule has 2 saturated heterocycles. The molecule has 10 nitrogen and oxygen atoms in total. The monoisotopic (exact) mass is 769 g/mol. The van der Waals surface area contributed by atoms with Crippen molar-refractivity contribution in [1.29, 1.82) is 0 Å². The summed E-state index contributed by atoms with van der Waals surface area (Å²) in [6, 6.07) is 31.8. The lowest BCUT2D eigenvalue weighted by Crippen LogP contribution is -2.46. The molecule has 0 radical (unpaired) electrons. The Morgan fingerprint density at radius 3 is 2.13 bits per heavy atom. The predicted octanol–water partition coefficient (Wildman–Crippen LogP) is 7.49. The molecule has 0 spiro atoms. The molecule has 5 N–H and O–H groups in total. The molecule has 0 bridgehead atoms. The number of hydrogen-bond donors (Lipinski definition) is 5. The molecule has 2 fully saturated rings. The van der Waals surface area contributed by atoms with Gasteiger partial charge in [-0.25, -0.2) is 5.48 Å². The van der Waals surface area contributed by atoms with Gasteiger partial charge in [0, 0.05) is 56.0 Å². The number of benzene rings is 4. The van der Waals surface area contributed by atoms with E-state index >= 15 is 0 Å². The zero-order valence-electron chi connectivity index (χ0n) is 31.2. The molecule has 3 atom stereocenters. The molecule has 0 unspecified atom stereocenters. The van der Waals surface area contributed by atoms with Crippen molar-refractivity contribution in [3.8, 4) is 11.1 Å². The van der Waals surface area contributed by atoms with Gasteiger partial charge >= 0.3 is 0 Å². The molecule has 0 aliphatic carbocycles. The van der Waals surface area contributed by atoms with Crippen LogP contribution in [0.3, 0.4) is 0 Å². The molecular formula is C44H52ClN3O7. The Morgan fingerprint density at radius 2 is 1.45 bits per heavy atom. The van der Waals surface area contributed by atoms with Crippen molar-refractivity contribution in [3.63, 3.8) is 0 Å². The molecule has 11 heteroatoms. The Labute approximate surface area is 328 Å². The number of unbranched alkanes of at least 4 members (excludes halogenated alkanes) is 3. The maximum Gasteiger partial charge on any atom is 0.243 e. The van der Waals surface area contributed by atoms with E-state index in [0.29, 0.717) is 50.2 Å². The molecule has 2 heterocycles. The highest BCUT2D eigenvalue weighted by Gasteiger charge is 2.37. The van der Waals surface area contributed by atoms with Gasteiger partial charge in [0.05, 0.1) is 24.4 Å². The number of hydroxylamine groups is 1. The molecule has 2 amide bonds. The van der Waals surface area contributed by atoms with Crippen molar-refractivity contribution in [2.45, 2.75) is 95.0 Å². The lowest BCUT2D eigenvalue weighted by atomic mass is 9.84. The number of nitrogens with one attached hydrogen (secondary N) is 2. The number of aliphatic hydroxyl groups excluding tert-OH is 1. The second-order valence-corrected chi connectivity index (χ2v) is 15.2. The maximum atomic E-state index is 12.5. The van der Waals surface area contributed by atoms with Gasteiger partial charge in [-0.1, -0.05) is 103 Å². The van der Waals surface area contributed by atoms with Gasteiger partial charge in [-0.2, -0.15) is 0 Å². The minimum atomic E-state index is -0.878. The van der Waals surface area contributed by atoms with Crippen molar-refractivity contribution in [3.05, 3.63) is 130 Å². The third kappa shape index (κ3) is 11.5. The highest BCUT2D eigenvalue weighted by molar-refractivity contribution is 6.30. The number of amides is 2. The van der Waals surface area contributed by atoms with Crippen molar-refractivity contribution < 1.29 is 34.5 Å². The Hall–Kier alpha value is -4.13. The predicted molar refractivity (Wildman–Crippen MR) is 211 cm³/mol. The molecule has 2 aliphatic rings. The molecule has 2 aliphatic heterocycles.